The normalized spacial score (nSPS) is 34.3. The summed E-state index contributed by atoms with van der Waals surface area (Å²) < 4.78 is 1.44. The minimum atomic E-state index is 0.555. The van der Waals surface area contributed by atoms with Crippen molar-refractivity contribution in [2.45, 2.75) is 25.3 Å². The first kappa shape index (κ1) is 11.1. The van der Waals surface area contributed by atoms with E-state index >= 15 is 0 Å². The molecule has 1 unspecified atom stereocenters. The fourth-order valence-electron chi connectivity index (χ4n) is 1.97. The van der Waals surface area contributed by atoms with Crippen LogP contribution in [0.5, 0.6) is 0 Å². The van der Waals surface area contributed by atoms with Crippen LogP contribution in [0.1, 0.15) is 19.3 Å². The van der Waals surface area contributed by atoms with E-state index in [0.29, 0.717) is 6.04 Å². The summed E-state index contributed by atoms with van der Waals surface area (Å²) in [5, 5.41) is 3.58. The summed E-state index contributed by atoms with van der Waals surface area (Å²) in [6, 6.07) is 0.555. The van der Waals surface area contributed by atoms with E-state index in [1.807, 2.05) is 0 Å². The molecule has 0 saturated heterocycles. The van der Waals surface area contributed by atoms with E-state index in [0.717, 1.165) is 13.0 Å². The quantitative estimate of drug-likeness (QED) is 0.675. The van der Waals surface area contributed by atoms with Gasteiger partial charge in [0.2, 0.25) is 0 Å². The van der Waals surface area contributed by atoms with E-state index in [9.17, 15) is 0 Å². The first-order valence-corrected chi connectivity index (χ1v) is 6.57. The van der Waals surface area contributed by atoms with Crippen molar-refractivity contribution >= 4 is 22.6 Å². The van der Waals surface area contributed by atoms with Crippen molar-refractivity contribution in [3.8, 4) is 0 Å². The Morgan fingerprint density at radius 3 is 3.13 bits per heavy atom. The first-order chi connectivity index (χ1) is 7.36. The lowest BCUT2D eigenvalue weighted by Crippen LogP contribution is -2.34. The van der Waals surface area contributed by atoms with Gasteiger partial charge in [-0.05, 0) is 57.6 Å². The molecule has 0 fully saturated rings. The third kappa shape index (κ3) is 3.31. The van der Waals surface area contributed by atoms with Crippen LogP contribution in [0, 0.1) is 0 Å². The van der Waals surface area contributed by atoms with Gasteiger partial charge in [0.1, 0.15) is 0 Å². The summed E-state index contributed by atoms with van der Waals surface area (Å²) in [6.45, 7) is 1.12. The Morgan fingerprint density at radius 2 is 2.20 bits per heavy atom. The highest BCUT2D eigenvalue weighted by Gasteiger charge is 2.14. The van der Waals surface area contributed by atoms with Crippen LogP contribution in [0.15, 0.2) is 45.6 Å². The molecule has 1 N–H and O–H groups in total. The molecule has 0 aromatic rings. The van der Waals surface area contributed by atoms with Gasteiger partial charge in [-0.25, -0.2) is 0 Å². The van der Waals surface area contributed by atoms with E-state index < -0.39 is 0 Å². The number of hydrogen-bond acceptors (Lipinski definition) is 1. The van der Waals surface area contributed by atoms with Crippen molar-refractivity contribution in [1.29, 1.82) is 0 Å². The Kier molecular flexibility index (Phi) is 4.20. The second kappa shape index (κ2) is 5.66. The minimum absolute atomic E-state index is 0.555. The Balaban J connectivity index is 2.18. The molecule has 1 heterocycles. The standard InChI is InChI=1S/C13H16IN/c14-12-7-3-1-2-5-11-6-4-10-15-13(11)9-8-12/h1-3,5-7,13,15H,4,8-10H2/b3-1+,5-2-,12-7+. The van der Waals surface area contributed by atoms with Crippen molar-refractivity contribution in [3.05, 3.63) is 45.6 Å². The molecule has 1 nitrogen and oxygen atoms in total. The predicted octanol–water partition coefficient (Wildman–Crippen LogP) is 3.50. The highest BCUT2D eigenvalue weighted by molar-refractivity contribution is 14.1. The molecule has 1 atom stereocenters. The monoisotopic (exact) mass is 313 g/mol. The average Bonchev–Trinajstić information content (AvgIpc) is 2.27. The molecule has 0 aromatic carbocycles. The van der Waals surface area contributed by atoms with Gasteiger partial charge in [0.05, 0.1) is 0 Å². The fourth-order valence-corrected chi connectivity index (χ4v) is 2.48. The molecule has 0 radical (unpaired) electrons. The molecule has 0 aromatic heterocycles. The third-order valence-electron chi connectivity index (χ3n) is 2.78. The van der Waals surface area contributed by atoms with E-state index in [-0.39, 0.29) is 0 Å². The van der Waals surface area contributed by atoms with E-state index in [4.69, 9.17) is 0 Å². The molecular weight excluding hydrogens is 297 g/mol. The molecule has 2 heteroatoms. The molecule has 0 saturated carbocycles. The first-order valence-electron chi connectivity index (χ1n) is 5.49. The highest BCUT2D eigenvalue weighted by Crippen LogP contribution is 2.21. The van der Waals surface area contributed by atoms with Crippen LogP contribution in [0.4, 0.5) is 0 Å². The lowest BCUT2D eigenvalue weighted by molar-refractivity contribution is 0.528. The van der Waals surface area contributed by atoms with Gasteiger partial charge in [-0.15, -0.1) is 0 Å². The molecule has 2 aliphatic rings. The van der Waals surface area contributed by atoms with Crippen LogP contribution in [0.2, 0.25) is 0 Å². The van der Waals surface area contributed by atoms with Gasteiger partial charge in [0, 0.05) is 6.04 Å². The summed E-state index contributed by atoms with van der Waals surface area (Å²) >= 11 is 2.43. The fraction of sp³-hybridized carbons (Fsp3) is 0.385. The molecule has 0 amide bonds. The Hall–Kier alpha value is -0.350. The molecule has 80 valence electrons. The topological polar surface area (TPSA) is 12.0 Å². The lowest BCUT2D eigenvalue weighted by atomic mass is 9.96. The number of halogens is 1. The minimum Gasteiger partial charge on any atom is -0.310 e. The lowest BCUT2D eigenvalue weighted by Gasteiger charge is -2.24. The van der Waals surface area contributed by atoms with Crippen LogP contribution < -0.4 is 5.32 Å². The Morgan fingerprint density at radius 1 is 1.27 bits per heavy atom. The van der Waals surface area contributed by atoms with Crippen molar-refractivity contribution in [2.24, 2.45) is 0 Å². The summed E-state index contributed by atoms with van der Waals surface area (Å²) in [7, 11) is 0. The highest BCUT2D eigenvalue weighted by atomic mass is 127. The van der Waals surface area contributed by atoms with Crippen LogP contribution in [0.25, 0.3) is 0 Å². The second-order valence-corrected chi connectivity index (χ2v) is 5.28. The van der Waals surface area contributed by atoms with Crippen molar-refractivity contribution in [3.63, 3.8) is 0 Å². The maximum Gasteiger partial charge on any atom is 0.0320 e. The SMILES string of the molecule is I/C1=C/C=C/C=C\C2=CCCNC2CC1. The Bertz CT molecular complexity index is 336. The van der Waals surface area contributed by atoms with Gasteiger partial charge in [0.15, 0.2) is 0 Å². The third-order valence-corrected chi connectivity index (χ3v) is 3.68. The number of allylic oxidation sites excluding steroid dienone is 5. The van der Waals surface area contributed by atoms with Crippen LogP contribution in [0.3, 0.4) is 0 Å². The summed E-state index contributed by atoms with van der Waals surface area (Å²) in [5.41, 5.74) is 1.46. The number of rotatable bonds is 0. The van der Waals surface area contributed by atoms with Gasteiger partial charge in [0.25, 0.3) is 0 Å². The number of nitrogens with one attached hydrogen (secondary N) is 1. The van der Waals surface area contributed by atoms with Gasteiger partial charge >= 0.3 is 0 Å². The number of fused-ring (bicyclic) bond motifs is 1. The van der Waals surface area contributed by atoms with Crippen LogP contribution >= 0.6 is 22.6 Å². The maximum atomic E-state index is 3.58. The van der Waals surface area contributed by atoms with Gasteiger partial charge in [-0.1, -0.05) is 36.5 Å². The largest absolute Gasteiger partial charge is 0.310 e. The van der Waals surface area contributed by atoms with E-state index in [2.05, 4.69) is 64.4 Å². The Labute approximate surface area is 105 Å². The van der Waals surface area contributed by atoms with Gasteiger partial charge in [-0.3, -0.25) is 0 Å². The zero-order chi connectivity index (χ0) is 10.5. The van der Waals surface area contributed by atoms with Crippen LogP contribution in [-0.4, -0.2) is 12.6 Å². The molecule has 2 rings (SSSR count). The van der Waals surface area contributed by atoms with Crippen molar-refractivity contribution in [2.75, 3.05) is 6.54 Å². The molecular formula is C13H16IN. The van der Waals surface area contributed by atoms with Crippen molar-refractivity contribution < 1.29 is 0 Å². The molecule has 1 aliphatic heterocycles. The predicted molar refractivity (Wildman–Crippen MR) is 74.1 cm³/mol. The summed E-state index contributed by atoms with van der Waals surface area (Å²) in [5.74, 6) is 0. The maximum absolute atomic E-state index is 3.58. The molecule has 1 aliphatic carbocycles. The number of hydrogen-bond donors (Lipinski definition) is 1. The van der Waals surface area contributed by atoms with E-state index in [1.165, 1.54) is 22.0 Å². The zero-order valence-corrected chi connectivity index (χ0v) is 10.9. The average molecular weight is 313 g/mol. The van der Waals surface area contributed by atoms with Gasteiger partial charge in [-0.2, -0.15) is 0 Å². The molecule has 0 bridgehead atoms. The summed E-state index contributed by atoms with van der Waals surface area (Å²) in [6.07, 6.45) is 16.7. The van der Waals surface area contributed by atoms with E-state index in [1.54, 1.807) is 0 Å². The van der Waals surface area contributed by atoms with Crippen molar-refractivity contribution in [1.82, 2.24) is 5.32 Å². The second-order valence-electron chi connectivity index (χ2n) is 3.90. The van der Waals surface area contributed by atoms with Crippen LogP contribution in [-0.2, 0) is 0 Å². The zero-order valence-electron chi connectivity index (χ0n) is 8.75. The summed E-state index contributed by atoms with van der Waals surface area (Å²) in [4.78, 5) is 0. The smallest absolute Gasteiger partial charge is 0.0320 e. The molecule has 15 heavy (non-hydrogen) atoms. The molecule has 0 spiro atoms. The van der Waals surface area contributed by atoms with Gasteiger partial charge < -0.3 is 5.32 Å².